The maximum Gasteiger partial charge on any atom is 0.280 e. The number of amides is 1. The van der Waals surface area contributed by atoms with E-state index in [-0.39, 0.29) is 17.3 Å². The first-order valence-corrected chi connectivity index (χ1v) is 8.21. The SMILES string of the molecule is Cc1cc(CC2CCN(C(=O)CCc3cc(=O)[nH]o3)C2)ccc1F. The van der Waals surface area contributed by atoms with Gasteiger partial charge in [-0.15, -0.1) is 0 Å². The Kier molecular flexibility index (Phi) is 4.83. The van der Waals surface area contributed by atoms with E-state index < -0.39 is 0 Å². The molecule has 0 spiro atoms. The summed E-state index contributed by atoms with van der Waals surface area (Å²) in [4.78, 5) is 25.1. The van der Waals surface area contributed by atoms with Gasteiger partial charge >= 0.3 is 0 Å². The van der Waals surface area contributed by atoms with Gasteiger partial charge in [0.15, 0.2) is 0 Å². The van der Waals surface area contributed by atoms with E-state index in [1.807, 2.05) is 17.0 Å². The first-order valence-electron chi connectivity index (χ1n) is 8.21. The Labute approximate surface area is 139 Å². The molecule has 0 radical (unpaired) electrons. The van der Waals surface area contributed by atoms with Crippen LogP contribution in [0.4, 0.5) is 4.39 Å². The third kappa shape index (κ3) is 3.93. The lowest BCUT2D eigenvalue weighted by molar-refractivity contribution is -0.130. The minimum atomic E-state index is -0.284. The molecule has 5 nitrogen and oxygen atoms in total. The van der Waals surface area contributed by atoms with E-state index >= 15 is 0 Å². The maximum absolute atomic E-state index is 13.3. The third-order valence-electron chi connectivity index (χ3n) is 4.55. The molecule has 3 rings (SSSR count). The van der Waals surface area contributed by atoms with Gasteiger partial charge in [0.2, 0.25) is 5.91 Å². The molecule has 1 N–H and O–H groups in total. The number of H-pyrrole nitrogens is 1. The predicted octanol–water partition coefficient (Wildman–Crippen LogP) is 2.44. The molecule has 1 amide bonds. The molecule has 2 aromatic rings. The summed E-state index contributed by atoms with van der Waals surface area (Å²) in [5, 5.41) is 2.22. The minimum absolute atomic E-state index is 0.0802. The van der Waals surface area contributed by atoms with Crippen molar-refractivity contribution in [1.82, 2.24) is 10.1 Å². The fraction of sp³-hybridized carbons (Fsp3) is 0.444. The zero-order chi connectivity index (χ0) is 17.1. The zero-order valence-electron chi connectivity index (χ0n) is 13.7. The van der Waals surface area contributed by atoms with Gasteiger partial charge in [-0.1, -0.05) is 12.1 Å². The normalized spacial score (nSPS) is 17.4. The van der Waals surface area contributed by atoms with Crippen LogP contribution in [0.3, 0.4) is 0 Å². The number of nitrogens with one attached hydrogen (secondary N) is 1. The number of carbonyl (C=O) groups is 1. The fourth-order valence-corrected chi connectivity index (χ4v) is 3.23. The number of nitrogens with zero attached hydrogens (tertiary/aromatic N) is 1. The monoisotopic (exact) mass is 332 g/mol. The average Bonchev–Trinajstić information content (AvgIpc) is 3.18. The largest absolute Gasteiger partial charge is 0.384 e. The van der Waals surface area contributed by atoms with E-state index in [4.69, 9.17) is 4.52 Å². The van der Waals surface area contributed by atoms with Crippen LogP contribution in [0.5, 0.6) is 0 Å². The molecule has 1 aromatic heterocycles. The number of aromatic amines is 1. The van der Waals surface area contributed by atoms with Crippen LogP contribution in [0, 0.1) is 18.7 Å². The number of benzene rings is 1. The van der Waals surface area contributed by atoms with Gasteiger partial charge in [-0.3, -0.25) is 9.59 Å². The summed E-state index contributed by atoms with van der Waals surface area (Å²) in [6.45, 7) is 3.25. The quantitative estimate of drug-likeness (QED) is 0.914. The highest BCUT2D eigenvalue weighted by Crippen LogP contribution is 2.22. The topological polar surface area (TPSA) is 66.3 Å². The molecule has 0 aliphatic carbocycles. The van der Waals surface area contributed by atoms with Crippen LogP contribution in [-0.2, 0) is 17.6 Å². The van der Waals surface area contributed by atoms with Crippen LogP contribution < -0.4 is 5.56 Å². The van der Waals surface area contributed by atoms with Crippen molar-refractivity contribution in [1.29, 1.82) is 0 Å². The van der Waals surface area contributed by atoms with Crippen molar-refractivity contribution in [3.63, 3.8) is 0 Å². The van der Waals surface area contributed by atoms with E-state index in [2.05, 4.69) is 5.16 Å². The van der Waals surface area contributed by atoms with E-state index in [1.165, 1.54) is 12.1 Å². The average molecular weight is 332 g/mol. The van der Waals surface area contributed by atoms with Crippen LogP contribution in [-0.4, -0.2) is 29.1 Å². The number of hydrogen-bond donors (Lipinski definition) is 1. The summed E-state index contributed by atoms with van der Waals surface area (Å²) >= 11 is 0. The Morgan fingerprint density at radius 2 is 2.25 bits per heavy atom. The van der Waals surface area contributed by atoms with Crippen molar-refractivity contribution in [2.45, 2.75) is 32.6 Å². The van der Waals surface area contributed by atoms with Crippen molar-refractivity contribution >= 4 is 5.91 Å². The second kappa shape index (κ2) is 7.03. The minimum Gasteiger partial charge on any atom is -0.384 e. The lowest BCUT2D eigenvalue weighted by Gasteiger charge is -2.16. The van der Waals surface area contributed by atoms with Crippen LogP contribution in [0.15, 0.2) is 33.6 Å². The highest BCUT2D eigenvalue weighted by Gasteiger charge is 2.26. The maximum atomic E-state index is 13.3. The first-order chi connectivity index (χ1) is 11.5. The molecule has 1 aliphatic rings. The van der Waals surface area contributed by atoms with Gasteiger partial charge in [-0.05, 0) is 42.9 Å². The number of carbonyl (C=O) groups excluding carboxylic acids is 1. The van der Waals surface area contributed by atoms with Gasteiger partial charge in [0.05, 0.1) is 0 Å². The molecular formula is C18H21FN2O3. The highest BCUT2D eigenvalue weighted by molar-refractivity contribution is 5.76. The number of rotatable bonds is 5. The Balaban J connectivity index is 1.50. The van der Waals surface area contributed by atoms with Gasteiger partial charge in [0, 0.05) is 32.0 Å². The molecule has 1 saturated heterocycles. The molecule has 6 heteroatoms. The summed E-state index contributed by atoms with van der Waals surface area (Å²) in [7, 11) is 0. The third-order valence-corrected chi connectivity index (χ3v) is 4.55. The van der Waals surface area contributed by atoms with Crippen LogP contribution in [0.25, 0.3) is 0 Å². The number of aromatic nitrogens is 1. The lowest BCUT2D eigenvalue weighted by Crippen LogP contribution is -2.29. The number of likely N-dealkylation sites (tertiary alicyclic amines) is 1. The number of aryl methyl sites for hydroxylation is 2. The van der Waals surface area contributed by atoms with Gasteiger partial charge < -0.3 is 9.42 Å². The lowest BCUT2D eigenvalue weighted by atomic mass is 9.97. The van der Waals surface area contributed by atoms with E-state index in [0.717, 1.165) is 31.5 Å². The standard InChI is InChI=1S/C18H21FN2O3/c1-12-8-13(2-4-16(12)19)9-14-6-7-21(11-14)18(23)5-3-15-10-17(22)20-24-15/h2,4,8,10,14H,3,5-7,9,11H2,1H3,(H,20,22). The van der Waals surface area contributed by atoms with Crippen molar-refractivity contribution in [3.05, 3.63) is 57.3 Å². The van der Waals surface area contributed by atoms with Crippen LogP contribution in [0.1, 0.15) is 29.7 Å². The number of halogens is 1. The molecular weight excluding hydrogens is 311 g/mol. The van der Waals surface area contributed by atoms with Gasteiger partial charge in [0.1, 0.15) is 11.6 Å². The second-order valence-electron chi connectivity index (χ2n) is 6.46. The summed E-state index contributed by atoms with van der Waals surface area (Å²) in [5.74, 6) is 0.810. The van der Waals surface area contributed by atoms with Crippen molar-refractivity contribution in [2.75, 3.05) is 13.1 Å². The number of hydrogen-bond acceptors (Lipinski definition) is 3. The van der Waals surface area contributed by atoms with E-state index in [9.17, 15) is 14.0 Å². The summed E-state index contributed by atoms with van der Waals surface area (Å²) < 4.78 is 18.3. The van der Waals surface area contributed by atoms with Crippen LogP contribution >= 0.6 is 0 Å². The summed E-state index contributed by atoms with van der Waals surface area (Å²) in [6, 6.07) is 6.58. The van der Waals surface area contributed by atoms with Gasteiger partial charge in [-0.25, -0.2) is 4.39 Å². The van der Waals surface area contributed by atoms with E-state index in [1.54, 1.807) is 6.92 Å². The molecule has 1 fully saturated rings. The van der Waals surface area contributed by atoms with Gasteiger partial charge in [0.25, 0.3) is 5.56 Å². The molecule has 1 atom stereocenters. The Hall–Kier alpha value is -2.37. The van der Waals surface area contributed by atoms with Gasteiger partial charge in [-0.2, -0.15) is 5.16 Å². The van der Waals surface area contributed by atoms with Crippen molar-refractivity contribution in [2.24, 2.45) is 5.92 Å². The molecule has 0 saturated carbocycles. The van der Waals surface area contributed by atoms with Crippen molar-refractivity contribution in [3.8, 4) is 0 Å². The molecule has 1 unspecified atom stereocenters. The fourth-order valence-electron chi connectivity index (χ4n) is 3.23. The highest BCUT2D eigenvalue weighted by atomic mass is 19.1. The molecule has 24 heavy (non-hydrogen) atoms. The summed E-state index contributed by atoms with van der Waals surface area (Å²) in [5.41, 5.74) is 1.49. The van der Waals surface area contributed by atoms with Crippen molar-refractivity contribution < 1.29 is 13.7 Å². The Morgan fingerprint density at radius 3 is 2.96 bits per heavy atom. The predicted molar refractivity (Wildman–Crippen MR) is 87.2 cm³/mol. The molecule has 2 heterocycles. The van der Waals surface area contributed by atoms with Crippen LogP contribution in [0.2, 0.25) is 0 Å². The Bertz CT molecular complexity index is 781. The first kappa shape index (κ1) is 16.5. The molecule has 1 aromatic carbocycles. The summed E-state index contributed by atoms with van der Waals surface area (Å²) in [6.07, 6.45) is 2.58. The van der Waals surface area contributed by atoms with E-state index in [0.29, 0.717) is 30.1 Å². The second-order valence-corrected chi connectivity index (χ2v) is 6.46. The molecule has 128 valence electrons. The zero-order valence-corrected chi connectivity index (χ0v) is 13.7. The Morgan fingerprint density at radius 1 is 1.42 bits per heavy atom. The molecule has 0 bridgehead atoms. The smallest absolute Gasteiger partial charge is 0.280 e. The molecule has 1 aliphatic heterocycles.